The summed E-state index contributed by atoms with van der Waals surface area (Å²) in [5.41, 5.74) is 12.6. The van der Waals surface area contributed by atoms with E-state index in [1.165, 1.54) is 60.4 Å². The molecule has 0 unspecified atom stereocenters. The lowest BCUT2D eigenvalue weighted by Crippen LogP contribution is -1.94. The Hall–Kier alpha value is -6.58. The minimum absolute atomic E-state index is 0.937. The van der Waals surface area contributed by atoms with Crippen LogP contribution >= 0.6 is 0 Å². The van der Waals surface area contributed by atoms with Crippen LogP contribution in [0.15, 0.2) is 176 Å². The Bertz CT molecular complexity index is 2790. The van der Waals surface area contributed by atoms with E-state index in [-0.39, 0.29) is 0 Å². The number of aromatic nitrogens is 3. The molecule has 2 heterocycles. The highest BCUT2D eigenvalue weighted by molar-refractivity contribution is 6.23. The molecule has 49 heavy (non-hydrogen) atoms. The van der Waals surface area contributed by atoms with Gasteiger partial charge in [0.25, 0.3) is 0 Å². The summed E-state index contributed by atoms with van der Waals surface area (Å²) in [4.78, 5) is 9.50. The molecule has 0 amide bonds. The fourth-order valence-electron chi connectivity index (χ4n) is 7.57. The molecular formula is C46H29N3. The normalized spacial score (nSPS) is 11.7. The third-order valence-corrected chi connectivity index (χ3v) is 9.88. The fourth-order valence-corrected chi connectivity index (χ4v) is 7.57. The maximum atomic E-state index is 4.78. The smallest absolute Gasteiger partial charge is 0.0971 e. The van der Waals surface area contributed by atoms with E-state index in [2.05, 4.69) is 168 Å². The molecule has 0 N–H and O–H groups in total. The van der Waals surface area contributed by atoms with Gasteiger partial charge in [-0.15, -0.1) is 0 Å². The fraction of sp³-hybridized carbons (Fsp3) is 0. The Kier molecular flexibility index (Phi) is 6.18. The van der Waals surface area contributed by atoms with Crippen molar-refractivity contribution in [1.29, 1.82) is 0 Å². The highest BCUT2D eigenvalue weighted by atomic mass is 15.0. The van der Waals surface area contributed by atoms with Gasteiger partial charge in [0.1, 0.15) is 0 Å². The molecule has 0 aliphatic rings. The first-order valence-electron chi connectivity index (χ1n) is 16.7. The number of para-hydroxylation sites is 2. The molecule has 0 fully saturated rings. The van der Waals surface area contributed by atoms with E-state index < -0.39 is 0 Å². The van der Waals surface area contributed by atoms with Crippen LogP contribution in [0.2, 0.25) is 0 Å². The Morgan fingerprint density at radius 1 is 0.306 bits per heavy atom. The molecule has 3 heteroatoms. The Morgan fingerprint density at radius 2 is 0.776 bits per heavy atom. The largest absolute Gasteiger partial charge is 0.309 e. The summed E-state index contributed by atoms with van der Waals surface area (Å²) in [6.07, 6.45) is 3.57. The third kappa shape index (κ3) is 4.44. The van der Waals surface area contributed by atoms with E-state index >= 15 is 0 Å². The van der Waals surface area contributed by atoms with Crippen LogP contribution in [-0.4, -0.2) is 14.5 Å². The van der Waals surface area contributed by atoms with E-state index in [4.69, 9.17) is 9.97 Å². The molecule has 0 spiro atoms. The molecule has 3 nitrogen and oxygen atoms in total. The quantitative estimate of drug-likeness (QED) is 0.183. The van der Waals surface area contributed by atoms with Gasteiger partial charge < -0.3 is 4.57 Å². The van der Waals surface area contributed by atoms with Crippen molar-refractivity contribution < 1.29 is 0 Å². The molecule has 8 aromatic carbocycles. The van der Waals surface area contributed by atoms with Gasteiger partial charge in [-0.25, -0.2) is 0 Å². The molecule has 228 valence electrons. The molecule has 10 rings (SSSR count). The second-order valence-corrected chi connectivity index (χ2v) is 12.6. The van der Waals surface area contributed by atoms with Crippen LogP contribution in [0.3, 0.4) is 0 Å². The lowest BCUT2D eigenvalue weighted by atomic mass is 9.94. The first kappa shape index (κ1) is 27.5. The molecule has 0 saturated carbocycles. The van der Waals surface area contributed by atoms with Crippen LogP contribution in [0.5, 0.6) is 0 Å². The highest BCUT2D eigenvalue weighted by Gasteiger charge is 2.14. The van der Waals surface area contributed by atoms with Gasteiger partial charge in [-0.05, 0) is 80.6 Å². The van der Waals surface area contributed by atoms with Crippen LogP contribution in [-0.2, 0) is 0 Å². The summed E-state index contributed by atoms with van der Waals surface area (Å²) in [7, 11) is 0. The summed E-state index contributed by atoms with van der Waals surface area (Å²) in [6, 6.07) is 59.1. The summed E-state index contributed by atoms with van der Waals surface area (Å²) in [5.74, 6) is 0. The summed E-state index contributed by atoms with van der Waals surface area (Å²) >= 11 is 0. The number of benzene rings is 8. The molecule has 10 aromatic rings. The topological polar surface area (TPSA) is 30.7 Å². The zero-order valence-corrected chi connectivity index (χ0v) is 26.6. The zero-order chi connectivity index (χ0) is 32.3. The first-order chi connectivity index (χ1) is 24.3. The van der Waals surface area contributed by atoms with Crippen molar-refractivity contribution in [2.24, 2.45) is 0 Å². The molecular weight excluding hydrogens is 595 g/mol. The maximum Gasteiger partial charge on any atom is 0.0971 e. The summed E-state index contributed by atoms with van der Waals surface area (Å²) in [5, 5.41) is 7.20. The number of fused-ring (bicyclic) bond motifs is 9. The predicted molar refractivity (Wildman–Crippen MR) is 205 cm³/mol. The van der Waals surface area contributed by atoms with Gasteiger partial charge in [-0.1, -0.05) is 127 Å². The van der Waals surface area contributed by atoms with Crippen molar-refractivity contribution in [3.8, 4) is 39.1 Å². The van der Waals surface area contributed by atoms with Crippen molar-refractivity contribution in [3.63, 3.8) is 0 Å². The summed E-state index contributed by atoms with van der Waals surface area (Å²) in [6.45, 7) is 0. The second kappa shape index (κ2) is 11.0. The Morgan fingerprint density at radius 3 is 1.45 bits per heavy atom. The van der Waals surface area contributed by atoms with Gasteiger partial charge in [-0.3, -0.25) is 9.97 Å². The van der Waals surface area contributed by atoms with Crippen LogP contribution in [0.25, 0.3) is 93.5 Å². The average Bonchev–Trinajstić information content (AvgIpc) is 3.52. The molecule has 0 bridgehead atoms. The number of nitrogens with zero attached hydrogens (tertiary/aromatic N) is 3. The standard InChI is InChI=1S/C46H29N3/c1-2-16-41-37(13-1)38-24-23-35(29-42(38)46-45(41)47-25-26-48-46)33-10-7-9-32(27-33)30-19-21-31(22-20-30)34-11-8-12-36(28-34)49-43-17-5-3-14-39(43)40-15-4-6-18-44(40)49/h1-29H. The predicted octanol–water partition coefficient (Wildman–Crippen LogP) is 12.0. The van der Waals surface area contributed by atoms with E-state index in [0.717, 1.165) is 33.1 Å². The second-order valence-electron chi connectivity index (χ2n) is 12.6. The molecule has 0 aliphatic heterocycles. The molecule has 0 atom stereocenters. The Labute approximate surface area is 283 Å². The van der Waals surface area contributed by atoms with E-state index in [9.17, 15) is 0 Å². The maximum absolute atomic E-state index is 4.78. The van der Waals surface area contributed by atoms with Gasteiger partial charge in [0.15, 0.2) is 0 Å². The lowest BCUT2D eigenvalue weighted by molar-refractivity contribution is 1.18. The lowest BCUT2D eigenvalue weighted by Gasteiger charge is -2.12. The van der Waals surface area contributed by atoms with Crippen LogP contribution < -0.4 is 0 Å². The molecule has 2 aromatic heterocycles. The molecule has 0 radical (unpaired) electrons. The minimum Gasteiger partial charge on any atom is -0.309 e. The van der Waals surface area contributed by atoms with Gasteiger partial charge in [0.2, 0.25) is 0 Å². The van der Waals surface area contributed by atoms with Gasteiger partial charge in [0.05, 0.1) is 22.1 Å². The summed E-state index contributed by atoms with van der Waals surface area (Å²) < 4.78 is 2.37. The van der Waals surface area contributed by atoms with E-state index in [1.54, 1.807) is 12.4 Å². The number of hydrogen-bond donors (Lipinski definition) is 0. The van der Waals surface area contributed by atoms with Gasteiger partial charge in [-0.2, -0.15) is 0 Å². The molecule has 0 saturated heterocycles. The van der Waals surface area contributed by atoms with Crippen molar-refractivity contribution in [2.45, 2.75) is 0 Å². The third-order valence-electron chi connectivity index (χ3n) is 9.88. The Balaban J connectivity index is 1.01. The van der Waals surface area contributed by atoms with Crippen LogP contribution in [0.4, 0.5) is 0 Å². The van der Waals surface area contributed by atoms with Crippen LogP contribution in [0.1, 0.15) is 0 Å². The van der Waals surface area contributed by atoms with Crippen molar-refractivity contribution in [2.75, 3.05) is 0 Å². The average molecular weight is 624 g/mol. The van der Waals surface area contributed by atoms with Gasteiger partial charge in [0, 0.05) is 39.6 Å². The number of rotatable bonds is 4. The number of hydrogen-bond acceptors (Lipinski definition) is 2. The van der Waals surface area contributed by atoms with E-state index in [1.807, 2.05) is 0 Å². The zero-order valence-electron chi connectivity index (χ0n) is 26.6. The van der Waals surface area contributed by atoms with Gasteiger partial charge >= 0.3 is 0 Å². The first-order valence-corrected chi connectivity index (χ1v) is 16.7. The monoisotopic (exact) mass is 623 g/mol. The SMILES string of the molecule is c1cc(-c2ccc(-c3cccc(-n4c5ccccc5c5ccccc54)c3)cc2)cc(-c2ccc3c4ccccc4c4nccnc4c3c2)c1. The highest BCUT2D eigenvalue weighted by Crippen LogP contribution is 2.37. The minimum atomic E-state index is 0.937. The molecule has 0 aliphatic carbocycles. The van der Waals surface area contributed by atoms with Crippen molar-refractivity contribution in [1.82, 2.24) is 14.5 Å². The van der Waals surface area contributed by atoms with E-state index in [0.29, 0.717) is 0 Å². The van der Waals surface area contributed by atoms with Crippen molar-refractivity contribution >= 4 is 54.4 Å². The van der Waals surface area contributed by atoms with Crippen molar-refractivity contribution in [3.05, 3.63) is 176 Å². The van der Waals surface area contributed by atoms with Crippen LogP contribution in [0, 0.1) is 0 Å².